The zero-order chi connectivity index (χ0) is 37.6. The van der Waals surface area contributed by atoms with E-state index in [1.54, 1.807) is 20.8 Å². The van der Waals surface area contributed by atoms with E-state index in [9.17, 15) is 24.9 Å². The van der Waals surface area contributed by atoms with Crippen molar-refractivity contribution < 1.29 is 53.3 Å². The standard InChI is InChI=1S/C38H69NO11/c1-13-14-15-28-22(5)32(41)23(6)31(40)19(2)16-20(3)35(50-38-34(43)27(39(10)11)17-21(4)46-38)24(7)36(25(8)37(44)48-28)49-30-18-29(45-12)33(42)26(9)47-30/h19-30,32-36,38,41-43H,13-18H2,1-12H3/t19-,20+,21-,22+,23+,24-,25-,26+,27+,28?,29-,30+,32+,33+,34-,35+,36?,38+/m1/s1. The minimum Gasteiger partial charge on any atom is -0.462 e. The number of esters is 1. The molecule has 0 aromatic rings. The van der Waals surface area contributed by atoms with Crippen LogP contribution in [-0.2, 0) is 38.0 Å². The number of carbonyl (C=O) groups excluding carboxylic acids is 2. The van der Waals surface area contributed by atoms with Crippen LogP contribution < -0.4 is 0 Å². The van der Waals surface area contributed by atoms with Crippen molar-refractivity contribution >= 4 is 11.8 Å². The molecular weight excluding hydrogens is 646 g/mol. The van der Waals surface area contributed by atoms with Crippen LogP contribution in [0.5, 0.6) is 0 Å². The van der Waals surface area contributed by atoms with Gasteiger partial charge in [0.15, 0.2) is 12.6 Å². The van der Waals surface area contributed by atoms with Gasteiger partial charge in [-0.2, -0.15) is 0 Å². The third kappa shape index (κ3) is 10.5. The van der Waals surface area contributed by atoms with E-state index < -0.39 is 97.0 Å². The highest BCUT2D eigenvalue weighted by Crippen LogP contribution is 2.37. The average molecular weight is 716 g/mol. The first kappa shape index (κ1) is 43.2. The molecule has 3 saturated heterocycles. The summed E-state index contributed by atoms with van der Waals surface area (Å²) >= 11 is 0. The molecule has 2 unspecified atom stereocenters. The predicted molar refractivity (Wildman–Crippen MR) is 188 cm³/mol. The molecule has 12 heteroatoms. The lowest BCUT2D eigenvalue weighted by Crippen LogP contribution is -2.57. The molecule has 0 aliphatic carbocycles. The first-order chi connectivity index (χ1) is 23.4. The van der Waals surface area contributed by atoms with Crippen LogP contribution in [0.25, 0.3) is 0 Å². The predicted octanol–water partition coefficient (Wildman–Crippen LogP) is 3.95. The van der Waals surface area contributed by atoms with E-state index in [0.29, 0.717) is 19.3 Å². The summed E-state index contributed by atoms with van der Waals surface area (Å²) in [6.07, 6.45) is -4.37. The number of likely N-dealkylation sites (N-methyl/N-ethyl adjacent to an activating group) is 1. The number of aliphatic hydroxyl groups is 3. The van der Waals surface area contributed by atoms with Crippen LogP contribution in [0.3, 0.4) is 0 Å². The summed E-state index contributed by atoms with van der Waals surface area (Å²) in [6, 6.07) is -0.201. The Labute approximate surface area is 300 Å². The number of hydrogen-bond acceptors (Lipinski definition) is 12. The van der Waals surface area contributed by atoms with Gasteiger partial charge in [0.2, 0.25) is 0 Å². The molecule has 3 heterocycles. The Morgan fingerprint density at radius 3 is 2.06 bits per heavy atom. The van der Waals surface area contributed by atoms with Gasteiger partial charge in [0.25, 0.3) is 0 Å². The summed E-state index contributed by atoms with van der Waals surface area (Å²) in [7, 11) is 5.37. The molecule has 0 amide bonds. The fourth-order valence-corrected chi connectivity index (χ4v) is 8.30. The highest BCUT2D eigenvalue weighted by molar-refractivity contribution is 5.83. The lowest BCUT2D eigenvalue weighted by atomic mass is 9.76. The molecule has 0 bridgehead atoms. The molecule has 50 heavy (non-hydrogen) atoms. The fraction of sp³-hybridized carbons (Fsp3) is 0.947. The van der Waals surface area contributed by atoms with E-state index >= 15 is 0 Å². The average Bonchev–Trinajstić information content (AvgIpc) is 3.07. The zero-order valence-electron chi connectivity index (χ0n) is 32.7. The molecule has 3 aliphatic rings. The summed E-state index contributed by atoms with van der Waals surface area (Å²) in [5.74, 6) is -3.63. The maximum Gasteiger partial charge on any atom is 0.311 e. The van der Waals surface area contributed by atoms with E-state index in [1.807, 2.05) is 53.6 Å². The largest absolute Gasteiger partial charge is 0.462 e. The van der Waals surface area contributed by atoms with Gasteiger partial charge in [-0.15, -0.1) is 0 Å². The molecule has 3 fully saturated rings. The lowest BCUT2D eigenvalue weighted by Gasteiger charge is -2.46. The lowest BCUT2D eigenvalue weighted by molar-refractivity contribution is -0.299. The van der Waals surface area contributed by atoms with E-state index in [-0.39, 0.29) is 30.3 Å². The van der Waals surface area contributed by atoms with Gasteiger partial charge in [-0.05, 0) is 60.0 Å². The molecule has 12 nitrogen and oxygen atoms in total. The SMILES string of the molecule is CCCCC1OC(=O)[C@H](C)C(O[C@H]2C[C@@H](OC)[C@@H](O)[C@H](C)O2)[C@H](C)[C@@H](O[C@@H]2O[C@H](C)C[C@H](N(C)C)[C@H]2O)[C@@H](C)C[C@@H](C)C(=O)[C@H](C)[C@@H](O)[C@H]1C. The van der Waals surface area contributed by atoms with Gasteiger partial charge in [0, 0.05) is 43.2 Å². The van der Waals surface area contributed by atoms with Gasteiger partial charge in [-0.1, -0.05) is 54.4 Å². The van der Waals surface area contributed by atoms with Crippen molar-refractivity contribution in [2.75, 3.05) is 21.2 Å². The van der Waals surface area contributed by atoms with Crippen LogP contribution in [-0.4, -0.2) is 127 Å². The second-order valence-corrected chi connectivity index (χ2v) is 16.0. The van der Waals surface area contributed by atoms with Crippen molar-refractivity contribution in [2.45, 2.75) is 174 Å². The molecule has 3 rings (SSSR count). The highest BCUT2D eigenvalue weighted by Gasteiger charge is 2.47. The molecule has 0 aromatic carbocycles. The van der Waals surface area contributed by atoms with Gasteiger partial charge in [0.1, 0.15) is 24.1 Å². The summed E-state index contributed by atoms with van der Waals surface area (Å²) in [4.78, 5) is 30.0. The van der Waals surface area contributed by atoms with Crippen LogP contribution in [0.1, 0.15) is 101 Å². The Morgan fingerprint density at radius 1 is 0.800 bits per heavy atom. The molecule has 0 aromatic heterocycles. The van der Waals surface area contributed by atoms with Crippen molar-refractivity contribution in [3.8, 4) is 0 Å². The molecule has 3 aliphatic heterocycles. The minimum absolute atomic E-state index is 0.0644. The van der Waals surface area contributed by atoms with Crippen LogP contribution in [0.4, 0.5) is 0 Å². The zero-order valence-corrected chi connectivity index (χ0v) is 32.7. The first-order valence-electron chi connectivity index (χ1n) is 19.0. The number of Topliss-reactive ketones (excluding diaryl/α,β-unsaturated/α-hetero) is 1. The maximum absolute atomic E-state index is 14.2. The van der Waals surface area contributed by atoms with Crippen LogP contribution in [0.2, 0.25) is 0 Å². The van der Waals surface area contributed by atoms with Gasteiger partial charge >= 0.3 is 5.97 Å². The Kier molecular flexibility index (Phi) is 16.6. The van der Waals surface area contributed by atoms with Crippen molar-refractivity contribution in [2.24, 2.45) is 35.5 Å². The number of ether oxygens (including phenoxy) is 6. The number of rotatable bonds is 9. The monoisotopic (exact) mass is 715 g/mol. The summed E-state index contributed by atoms with van der Waals surface area (Å²) in [5.41, 5.74) is 0. The number of cyclic esters (lactones) is 1. The van der Waals surface area contributed by atoms with Crippen LogP contribution in [0, 0.1) is 35.5 Å². The first-order valence-corrected chi connectivity index (χ1v) is 19.0. The number of carbonyl (C=O) groups is 2. The van der Waals surface area contributed by atoms with Gasteiger partial charge in [-0.3, -0.25) is 9.59 Å². The number of nitrogens with zero attached hydrogens (tertiary/aromatic N) is 1. The smallest absolute Gasteiger partial charge is 0.311 e. The van der Waals surface area contributed by atoms with Gasteiger partial charge < -0.3 is 48.6 Å². The Hall–Kier alpha value is -1.22. The van der Waals surface area contributed by atoms with Crippen molar-refractivity contribution in [3.63, 3.8) is 0 Å². The third-order valence-corrected chi connectivity index (χ3v) is 11.7. The third-order valence-electron chi connectivity index (χ3n) is 11.7. The molecule has 0 spiro atoms. The van der Waals surface area contributed by atoms with E-state index in [1.165, 1.54) is 7.11 Å². The van der Waals surface area contributed by atoms with Gasteiger partial charge in [0.05, 0.1) is 42.5 Å². The number of ketones is 1. The van der Waals surface area contributed by atoms with Crippen LogP contribution >= 0.6 is 0 Å². The molecular formula is C38H69NO11. The highest BCUT2D eigenvalue weighted by atomic mass is 16.7. The topological polar surface area (TPSA) is 153 Å². The fourth-order valence-electron chi connectivity index (χ4n) is 8.30. The van der Waals surface area contributed by atoms with Crippen molar-refractivity contribution in [1.29, 1.82) is 0 Å². The second kappa shape index (κ2) is 19.2. The molecule has 0 radical (unpaired) electrons. The molecule has 3 N–H and O–H groups in total. The van der Waals surface area contributed by atoms with Crippen LogP contribution in [0.15, 0.2) is 0 Å². The van der Waals surface area contributed by atoms with Gasteiger partial charge in [-0.25, -0.2) is 0 Å². The van der Waals surface area contributed by atoms with E-state index in [4.69, 9.17) is 28.4 Å². The quantitative estimate of drug-likeness (QED) is 0.297. The normalized spacial score (nSPS) is 46.0. The number of unbranched alkanes of at least 4 members (excludes halogenated alkanes) is 1. The maximum atomic E-state index is 14.2. The van der Waals surface area contributed by atoms with E-state index in [0.717, 1.165) is 12.8 Å². The second-order valence-electron chi connectivity index (χ2n) is 16.0. The minimum atomic E-state index is -1.00. The Bertz CT molecular complexity index is 1060. The summed E-state index contributed by atoms with van der Waals surface area (Å²) < 4.78 is 37.6. The molecule has 0 saturated carbocycles. The summed E-state index contributed by atoms with van der Waals surface area (Å²) in [5, 5.41) is 33.6. The number of aliphatic hydroxyl groups excluding tert-OH is 3. The molecule has 292 valence electrons. The number of hydrogen-bond donors (Lipinski definition) is 3. The number of methoxy groups -OCH3 is 1. The Balaban J connectivity index is 2.10. The van der Waals surface area contributed by atoms with Crippen molar-refractivity contribution in [3.05, 3.63) is 0 Å². The summed E-state index contributed by atoms with van der Waals surface area (Å²) in [6.45, 7) is 17.0. The Morgan fingerprint density at radius 2 is 1.46 bits per heavy atom. The molecule has 18 atom stereocenters. The van der Waals surface area contributed by atoms with Crippen molar-refractivity contribution in [1.82, 2.24) is 4.90 Å². The van der Waals surface area contributed by atoms with E-state index in [2.05, 4.69) is 6.92 Å².